The Labute approximate surface area is 137 Å². The Bertz CT molecular complexity index is 920. The highest BCUT2D eigenvalue weighted by molar-refractivity contribution is 6.05. The Morgan fingerprint density at radius 1 is 1.29 bits per heavy atom. The van der Waals surface area contributed by atoms with Crippen molar-refractivity contribution < 1.29 is 18.7 Å². The molecule has 0 atom stereocenters. The van der Waals surface area contributed by atoms with E-state index in [9.17, 15) is 9.18 Å². The fraction of sp³-hybridized carbons (Fsp3) is 0.167. The largest absolute Gasteiger partial charge is 0.467 e. The quantitative estimate of drug-likeness (QED) is 0.777. The van der Waals surface area contributed by atoms with E-state index in [0.717, 1.165) is 10.9 Å². The summed E-state index contributed by atoms with van der Waals surface area (Å²) in [4.78, 5) is 15.6. The van der Waals surface area contributed by atoms with Crippen molar-refractivity contribution in [1.29, 1.82) is 0 Å². The number of aromatic nitrogens is 1. The Morgan fingerprint density at radius 2 is 2.21 bits per heavy atom. The van der Waals surface area contributed by atoms with E-state index in [1.165, 1.54) is 12.1 Å². The molecule has 0 bridgehead atoms. The molecule has 0 saturated carbocycles. The first-order chi connectivity index (χ1) is 11.7. The average molecular weight is 326 g/mol. The highest BCUT2D eigenvalue weighted by atomic mass is 19.1. The van der Waals surface area contributed by atoms with Gasteiger partial charge in [0.05, 0.1) is 17.7 Å². The summed E-state index contributed by atoms with van der Waals surface area (Å²) in [5.41, 5.74) is 2.57. The summed E-state index contributed by atoms with van der Waals surface area (Å²) in [6.07, 6.45) is 1.79. The van der Waals surface area contributed by atoms with Crippen molar-refractivity contribution in [3.05, 3.63) is 65.1 Å². The van der Waals surface area contributed by atoms with E-state index in [0.29, 0.717) is 29.0 Å². The second-order valence-corrected chi connectivity index (χ2v) is 5.59. The molecule has 1 aromatic heterocycles. The van der Waals surface area contributed by atoms with Gasteiger partial charge in [-0.2, -0.15) is 0 Å². The standard InChI is InChI=1S/C18H15FN2O3/c19-14-6-12(17-13(7-14)9-23-10-24-17)8-21-18(22)15-3-1-2-11-4-5-20-16(11)15/h1-7,20H,8-10H2,(H,21,22). The number of H-pyrrole nitrogens is 1. The van der Waals surface area contributed by atoms with Crippen molar-refractivity contribution in [3.63, 3.8) is 0 Å². The highest BCUT2D eigenvalue weighted by Crippen LogP contribution is 2.29. The molecule has 0 unspecified atom stereocenters. The van der Waals surface area contributed by atoms with Gasteiger partial charge in [0.2, 0.25) is 0 Å². The van der Waals surface area contributed by atoms with Gasteiger partial charge in [-0.3, -0.25) is 4.79 Å². The maximum atomic E-state index is 13.7. The molecule has 0 radical (unpaired) electrons. The van der Waals surface area contributed by atoms with Crippen LogP contribution in [0, 0.1) is 5.82 Å². The molecular weight excluding hydrogens is 311 g/mol. The predicted molar refractivity (Wildman–Crippen MR) is 86.2 cm³/mol. The molecule has 122 valence electrons. The van der Waals surface area contributed by atoms with E-state index in [1.807, 2.05) is 18.2 Å². The molecule has 0 saturated heterocycles. The van der Waals surface area contributed by atoms with Gasteiger partial charge in [0.25, 0.3) is 5.91 Å². The lowest BCUT2D eigenvalue weighted by atomic mass is 10.1. The first-order valence-corrected chi connectivity index (χ1v) is 7.58. The number of nitrogens with one attached hydrogen (secondary N) is 2. The number of carbonyl (C=O) groups excluding carboxylic acids is 1. The van der Waals surface area contributed by atoms with Gasteiger partial charge < -0.3 is 19.8 Å². The lowest BCUT2D eigenvalue weighted by Crippen LogP contribution is -2.24. The van der Waals surface area contributed by atoms with Crippen LogP contribution in [0.1, 0.15) is 21.5 Å². The molecular formula is C18H15FN2O3. The number of carbonyl (C=O) groups is 1. The molecule has 0 spiro atoms. The molecule has 0 fully saturated rings. The molecule has 24 heavy (non-hydrogen) atoms. The normalized spacial score (nSPS) is 13.4. The van der Waals surface area contributed by atoms with Gasteiger partial charge in [-0.25, -0.2) is 4.39 Å². The summed E-state index contributed by atoms with van der Waals surface area (Å²) in [7, 11) is 0. The number of halogens is 1. The third-order valence-corrected chi connectivity index (χ3v) is 4.02. The molecule has 3 aromatic rings. The SMILES string of the molecule is O=C(NCc1cc(F)cc2c1OCOC2)c1cccc2cc[nH]c12. The van der Waals surface area contributed by atoms with Crippen LogP contribution >= 0.6 is 0 Å². The monoisotopic (exact) mass is 326 g/mol. The summed E-state index contributed by atoms with van der Waals surface area (Å²) in [5.74, 6) is -0.0206. The first kappa shape index (κ1) is 14.7. The summed E-state index contributed by atoms with van der Waals surface area (Å²) < 4.78 is 24.4. The number of rotatable bonds is 3. The maximum Gasteiger partial charge on any atom is 0.253 e. The van der Waals surface area contributed by atoms with E-state index < -0.39 is 0 Å². The van der Waals surface area contributed by atoms with E-state index in [1.54, 1.807) is 12.3 Å². The van der Waals surface area contributed by atoms with Gasteiger partial charge >= 0.3 is 0 Å². The fourth-order valence-electron chi connectivity index (χ4n) is 2.93. The van der Waals surface area contributed by atoms with Gasteiger partial charge in [-0.15, -0.1) is 0 Å². The molecule has 2 N–H and O–H groups in total. The molecule has 1 aliphatic rings. The number of hydrogen-bond donors (Lipinski definition) is 2. The molecule has 6 heteroatoms. The zero-order chi connectivity index (χ0) is 16.5. The van der Waals surface area contributed by atoms with Crippen LogP contribution in [0.4, 0.5) is 4.39 Å². The Kier molecular flexibility index (Phi) is 3.66. The average Bonchev–Trinajstić information content (AvgIpc) is 3.07. The second-order valence-electron chi connectivity index (χ2n) is 5.59. The number of fused-ring (bicyclic) bond motifs is 2. The molecule has 1 aliphatic heterocycles. The van der Waals surface area contributed by atoms with Crippen molar-refractivity contribution in [1.82, 2.24) is 10.3 Å². The topological polar surface area (TPSA) is 63.4 Å². The molecule has 0 aliphatic carbocycles. The minimum absolute atomic E-state index is 0.126. The third kappa shape index (κ3) is 2.61. The zero-order valence-corrected chi connectivity index (χ0v) is 12.8. The second kappa shape index (κ2) is 5.98. The van der Waals surface area contributed by atoms with Crippen LogP contribution in [-0.4, -0.2) is 17.7 Å². The van der Waals surface area contributed by atoms with E-state index >= 15 is 0 Å². The Balaban J connectivity index is 1.58. The van der Waals surface area contributed by atoms with Crippen molar-refractivity contribution in [3.8, 4) is 5.75 Å². The molecule has 5 nitrogen and oxygen atoms in total. The minimum atomic E-state index is -0.376. The van der Waals surface area contributed by atoms with Crippen LogP contribution < -0.4 is 10.1 Å². The van der Waals surface area contributed by atoms with Crippen molar-refractivity contribution in [2.24, 2.45) is 0 Å². The van der Waals surface area contributed by atoms with Crippen LogP contribution in [0.5, 0.6) is 5.75 Å². The number of hydrogen-bond acceptors (Lipinski definition) is 3. The van der Waals surface area contributed by atoms with Gasteiger partial charge in [0.15, 0.2) is 6.79 Å². The third-order valence-electron chi connectivity index (χ3n) is 4.02. The number of amides is 1. The van der Waals surface area contributed by atoms with Crippen LogP contribution in [0.15, 0.2) is 42.6 Å². The zero-order valence-electron chi connectivity index (χ0n) is 12.8. The first-order valence-electron chi connectivity index (χ1n) is 7.58. The lowest BCUT2D eigenvalue weighted by molar-refractivity contribution is -0.0173. The van der Waals surface area contributed by atoms with Crippen molar-refractivity contribution in [2.45, 2.75) is 13.2 Å². The van der Waals surface area contributed by atoms with Gasteiger partial charge in [0, 0.05) is 29.3 Å². The number of para-hydroxylation sites is 1. The van der Waals surface area contributed by atoms with Gasteiger partial charge in [-0.05, 0) is 24.3 Å². The van der Waals surface area contributed by atoms with Crippen LogP contribution in [0.3, 0.4) is 0 Å². The van der Waals surface area contributed by atoms with E-state index in [2.05, 4.69) is 10.3 Å². The summed E-state index contributed by atoms with van der Waals surface area (Å²) in [5, 5.41) is 3.79. The molecule has 2 aromatic carbocycles. The van der Waals surface area contributed by atoms with Gasteiger partial charge in [0.1, 0.15) is 11.6 Å². The summed E-state index contributed by atoms with van der Waals surface area (Å²) in [6, 6.07) is 10.2. The van der Waals surface area contributed by atoms with E-state index in [4.69, 9.17) is 9.47 Å². The minimum Gasteiger partial charge on any atom is -0.467 e. The Hall–Kier alpha value is -2.86. The molecule has 2 heterocycles. The maximum absolute atomic E-state index is 13.7. The van der Waals surface area contributed by atoms with Crippen molar-refractivity contribution >= 4 is 16.8 Å². The summed E-state index contributed by atoms with van der Waals surface area (Å²) >= 11 is 0. The van der Waals surface area contributed by atoms with Crippen LogP contribution in [0.2, 0.25) is 0 Å². The van der Waals surface area contributed by atoms with Gasteiger partial charge in [-0.1, -0.05) is 12.1 Å². The number of benzene rings is 2. The highest BCUT2D eigenvalue weighted by Gasteiger charge is 2.18. The summed E-state index contributed by atoms with van der Waals surface area (Å²) in [6.45, 7) is 0.604. The number of ether oxygens (including phenoxy) is 2. The smallest absolute Gasteiger partial charge is 0.253 e. The van der Waals surface area contributed by atoms with E-state index in [-0.39, 0.29) is 25.1 Å². The fourth-order valence-corrected chi connectivity index (χ4v) is 2.93. The van der Waals surface area contributed by atoms with Crippen LogP contribution in [-0.2, 0) is 17.9 Å². The molecule has 4 rings (SSSR count). The van der Waals surface area contributed by atoms with Crippen LogP contribution in [0.25, 0.3) is 10.9 Å². The number of aromatic amines is 1. The lowest BCUT2D eigenvalue weighted by Gasteiger charge is -2.21. The van der Waals surface area contributed by atoms with Crippen molar-refractivity contribution in [2.75, 3.05) is 6.79 Å². The Morgan fingerprint density at radius 3 is 3.12 bits per heavy atom. The molecule has 1 amide bonds. The predicted octanol–water partition coefficient (Wildman–Crippen LogP) is 3.10.